The fraction of sp³-hybridized carbons (Fsp3) is 0.391. The molecule has 3 heterocycles. The monoisotopic (exact) mass is 497 g/mol. The summed E-state index contributed by atoms with van der Waals surface area (Å²) in [6, 6.07) is 3.41. The van der Waals surface area contributed by atoms with Gasteiger partial charge in [0, 0.05) is 43.2 Å². The van der Waals surface area contributed by atoms with Gasteiger partial charge in [-0.2, -0.15) is 0 Å². The van der Waals surface area contributed by atoms with E-state index in [-0.39, 0.29) is 6.03 Å². The van der Waals surface area contributed by atoms with Crippen molar-refractivity contribution in [3.05, 3.63) is 30.1 Å². The zero-order valence-electron chi connectivity index (χ0n) is 19.7. The standard InChI is InChI=1S/C23H27N7O4S/c1-4-24-21(33)28-22-27-17-10-14(9-16(13(2)29-34)18(17)35-22)15-11-25-20(26-12-15)30-7-5-23(3,6-8-30)19(31)32/h9-12,34H,4-8H2,1-3H3,(H,31,32)(H2,24,27,28,33). The highest BCUT2D eigenvalue weighted by Crippen LogP contribution is 2.35. The molecular formula is C23H27N7O4S. The van der Waals surface area contributed by atoms with Crippen LogP contribution < -0.4 is 15.5 Å². The van der Waals surface area contributed by atoms with Crippen LogP contribution in [0.3, 0.4) is 0 Å². The fourth-order valence-electron chi connectivity index (χ4n) is 3.93. The molecule has 3 aromatic rings. The molecule has 0 unspecified atom stereocenters. The molecule has 2 amide bonds. The molecular weight excluding hydrogens is 470 g/mol. The molecule has 184 valence electrons. The van der Waals surface area contributed by atoms with Crippen molar-refractivity contribution >= 4 is 50.3 Å². The summed E-state index contributed by atoms with van der Waals surface area (Å²) in [6.07, 6.45) is 4.49. The molecule has 1 fully saturated rings. The van der Waals surface area contributed by atoms with Gasteiger partial charge in [0.25, 0.3) is 0 Å². The van der Waals surface area contributed by atoms with Crippen LogP contribution in [0.1, 0.15) is 39.2 Å². The molecule has 1 aliphatic rings. The Morgan fingerprint density at radius 3 is 2.49 bits per heavy atom. The quantitative estimate of drug-likeness (QED) is 0.228. The summed E-state index contributed by atoms with van der Waals surface area (Å²) in [4.78, 5) is 39.0. The molecule has 1 aromatic carbocycles. The van der Waals surface area contributed by atoms with Crippen molar-refractivity contribution in [1.82, 2.24) is 20.3 Å². The number of amides is 2. The number of carboxylic acids is 1. The van der Waals surface area contributed by atoms with Crippen LogP contribution in [0.25, 0.3) is 21.3 Å². The van der Waals surface area contributed by atoms with Crippen molar-refractivity contribution in [2.24, 2.45) is 10.6 Å². The Balaban J connectivity index is 1.61. The summed E-state index contributed by atoms with van der Waals surface area (Å²) in [5.74, 6) is -0.217. The maximum atomic E-state index is 11.9. The van der Waals surface area contributed by atoms with E-state index in [4.69, 9.17) is 0 Å². The molecule has 0 aliphatic carbocycles. The van der Waals surface area contributed by atoms with E-state index in [0.717, 1.165) is 15.8 Å². The number of fused-ring (bicyclic) bond motifs is 1. The number of urea groups is 1. The summed E-state index contributed by atoms with van der Waals surface area (Å²) >= 11 is 1.29. The van der Waals surface area contributed by atoms with Gasteiger partial charge in [-0.25, -0.2) is 19.7 Å². The highest BCUT2D eigenvalue weighted by Gasteiger charge is 2.37. The smallest absolute Gasteiger partial charge is 0.321 e. The second-order valence-corrected chi connectivity index (χ2v) is 9.68. The molecule has 0 spiro atoms. The number of carbonyl (C=O) groups excluding carboxylic acids is 1. The summed E-state index contributed by atoms with van der Waals surface area (Å²) in [6.45, 7) is 6.94. The van der Waals surface area contributed by atoms with Crippen LogP contribution in [0.2, 0.25) is 0 Å². The van der Waals surface area contributed by atoms with Crippen molar-refractivity contribution in [3.8, 4) is 11.1 Å². The van der Waals surface area contributed by atoms with E-state index < -0.39 is 11.4 Å². The van der Waals surface area contributed by atoms with Gasteiger partial charge in [-0.3, -0.25) is 10.1 Å². The molecule has 4 rings (SSSR count). The highest BCUT2D eigenvalue weighted by molar-refractivity contribution is 7.22. The van der Waals surface area contributed by atoms with E-state index in [1.165, 1.54) is 11.3 Å². The van der Waals surface area contributed by atoms with Gasteiger partial charge in [0.1, 0.15) is 0 Å². The molecule has 0 bridgehead atoms. The predicted octanol–water partition coefficient (Wildman–Crippen LogP) is 3.78. The zero-order valence-corrected chi connectivity index (χ0v) is 20.5. The largest absolute Gasteiger partial charge is 0.481 e. The number of benzene rings is 1. The van der Waals surface area contributed by atoms with Crippen LogP contribution in [0, 0.1) is 5.41 Å². The molecule has 0 atom stereocenters. The lowest BCUT2D eigenvalue weighted by Crippen LogP contribution is -2.43. The van der Waals surface area contributed by atoms with Crippen molar-refractivity contribution in [2.45, 2.75) is 33.6 Å². The molecule has 0 radical (unpaired) electrons. The van der Waals surface area contributed by atoms with E-state index >= 15 is 0 Å². The van der Waals surface area contributed by atoms with E-state index in [2.05, 4.69) is 30.7 Å². The van der Waals surface area contributed by atoms with Gasteiger partial charge < -0.3 is 20.5 Å². The number of nitrogens with one attached hydrogen (secondary N) is 2. The first kappa shape index (κ1) is 24.3. The number of aromatic nitrogens is 3. The number of hydrogen-bond acceptors (Lipinski definition) is 9. The Morgan fingerprint density at radius 1 is 1.20 bits per heavy atom. The predicted molar refractivity (Wildman–Crippen MR) is 135 cm³/mol. The number of carbonyl (C=O) groups is 2. The molecule has 0 saturated carbocycles. The Kier molecular flexibility index (Phi) is 6.83. The van der Waals surface area contributed by atoms with Crippen LogP contribution in [-0.4, -0.2) is 62.6 Å². The van der Waals surface area contributed by atoms with Crippen molar-refractivity contribution in [3.63, 3.8) is 0 Å². The summed E-state index contributed by atoms with van der Waals surface area (Å²) < 4.78 is 0.781. The lowest BCUT2D eigenvalue weighted by Gasteiger charge is -2.36. The molecule has 2 aromatic heterocycles. The molecule has 11 nitrogen and oxygen atoms in total. The van der Waals surface area contributed by atoms with Crippen LogP contribution >= 0.6 is 11.3 Å². The van der Waals surface area contributed by atoms with Gasteiger partial charge in [0.2, 0.25) is 5.95 Å². The van der Waals surface area contributed by atoms with Crippen LogP contribution in [0.15, 0.2) is 29.7 Å². The summed E-state index contributed by atoms with van der Waals surface area (Å²) in [7, 11) is 0. The van der Waals surface area contributed by atoms with Gasteiger partial charge in [-0.15, -0.1) is 0 Å². The zero-order chi connectivity index (χ0) is 25.2. The number of aliphatic carboxylic acids is 1. The summed E-state index contributed by atoms with van der Waals surface area (Å²) in [5.41, 5.74) is 2.57. The third-order valence-corrected chi connectivity index (χ3v) is 7.25. The maximum Gasteiger partial charge on any atom is 0.321 e. The Hall–Kier alpha value is -3.80. The van der Waals surface area contributed by atoms with E-state index in [1.54, 1.807) is 26.2 Å². The lowest BCUT2D eigenvalue weighted by atomic mass is 9.80. The molecule has 4 N–H and O–H groups in total. The molecule has 35 heavy (non-hydrogen) atoms. The van der Waals surface area contributed by atoms with Gasteiger partial charge in [-0.05, 0) is 51.3 Å². The second-order valence-electron chi connectivity index (χ2n) is 8.69. The van der Waals surface area contributed by atoms with Crippen LogP contribution in [0.4, 0.5) is 15.9 Å². The summed E-state index contributed by atoms with van der Waals surface area (Å²) in [5, 5.41) is 28.0. The minimum atomic E-state index is -0.771. The Morgan fingerprint density at radius 2 is 1.89 bits per heavy atom. The second kappa shape index (κ2) is 9.82. The Labute approximate surface area is 205 Å². The number of carboxylic acid groups (broad SMARTS) is 1. The normalized spacial score (nSPS) is 15.7. The van der Waals surface area contributed by atoms with Crippen molar-refractivity contribution in [2.75, 3.05) is 29.9 Å². The van der Waals surface area contributed by atoms with Crippen LogP contribution in [-0.2, 0) is 4.79 Å². The van der Waals surface area contributed by atoms with Crippen molar-refractivity contribution in [1.29, 1.82) is 0 Å². The average Bonchev–Trinajstić information content (AvgIpc) is 3.25. The molecule has 1 aliphatic heterocycles. The number of piperidine rings is 1. The number of rotatable bonds is 6. The van der Waals surface area contributed by atoms with E-state index in [1.807, 2.05) is 24.0 Å². The number of oxime groups is 1. The number of thiazole rings is 1. The lowest BCUT2D eigenvalue weighted by molar-refractivity contribution is -0.149. The van der Waals surface area contributed by atoms with Crippen LogP contribution in [0.5, 0.6) is 0 Å². The first-order valence-electron chi connectivity index (χ1n) is 11.2. The highest BCUT2D eigenvalue weighted by atomic mass is 32.1. The number of hydrogen-bond donors (Lipinski definition) is 4. The minimum Gasteiger partial charge on any atom is -0.481 e. The van der Waals surface area contributed by atoms with Gasteiger partial charge in [-0.1, -0.05) is 16.5 Å². The first-order valence-corrected chi connectivity index (χ1v) is 12.0. The number of nitrogens with zero attached hydrogens (tertiary/aromatic N) is 5. The minimum absolute atomic E-state index is 0.341. The topological polar surface area (TPSA) is 153 Å². The Bertz CT molecular complexity index is 1280. The fourth-order valence-corrected chi connectivity index (χ4v) is 4.93. The average molecular weight is 498 g/mol. The van der Waals surface area contributed by atoms with Gasteiger partial charge in [0.05, 0.1) is 21.3 Å². The van der Waals surface area contributed by atoms with Gasteiger partial charge in [0.15, 0.2) is 5.13 Å². The third-order valence-electron chi connectivity index (χ3n) is 6.23. The SMILES string of the molecule is CCNC(=O)Nc1nc2cc(-c3cnc(N4CCC(C)(C(=O)O)CC4)nc3)cc(C(C)=NO)c2s1. The number of anilines is 2. The third kappa shape index (κ3) is 5.02. The van der Waals surface area contributed by atoms with E-state index in [0.29, 0.717) is 60.3 Å². The maximum absolute atomic E-state index is 11.9. The van der Waals surface area contributed by atoms with Gasteiger partial charge >= 0.3 is 12.0 Å². The molecule has 1 saturated heterocycles. The molecule has 12 heteroatoms. The first-order chi connectivity index (χ1) is 16.7. The van der Waals surface area contributed by atoms with E-state index in [9.17, 15) is 19.9 Å². The van der Waals surface area contributed by atoms with Crippen molar-refractivity contribution < 1.29 is 19.9 Å².